The second-order valence-corrected chi connectivity index (χ2v) is 4.24. The van der Waals surface area contributed by atoms with E-state index in [1.165, 1.54) is 13.0 Å². The Balaban J connectivity index is 1.80. The highest BCUT2D eigenvalue weighted by molar-refractivity contribution is 5.26. The zero-order valence-electron chi connectivity index (χ0n) is 9.81. The zero-order valence-corrected chi connectivity index (χ0v) is 9.81. The van der Waals surface area contributed by atoms with Gasteiger partial charge in [0.05, 0.1) is 19.5 Å². The lowest BCUT2D eigenvalue weighted by Gasteiger charge is -2.11. The van der Waals surface area contributed by atoms with Crippen LogP contribution in [0.2, 0.25) is 0 Å². The third kappa shape index (κ3) is 2.82. The van der Waals surface area contributed by atoms with Gasteiger partial charge in [0.2, 0.25) is 5.95 Å². The lowest BCUT2D eigenvalue weighted by atomic mass is 10.1. The fraction of sp³-hybridized carbons (Fsp3) is 0.636. The van der Waals surface area contributed by atoms with Gasteiger partial charge in [0.25, 0.3) is 0 Å². The van der Waals surface area contributed by atoms with E-state index in [1.54, 1.807) is 19.5 Å². The van der Waals surface area contributed by atoms with Gasteiger partial charge < -0.3 is 15.0 Å². The second kappa shape index (κ2) is 5.12. The summed E-state index contributed by atoms with van der Waals surface area (Å²) in [6, 6.07) is 0. The van der Waals surface area contributed by atoms with Crippen LogP contribution in [0.4, 0.5) is 5.95 Å². The molecule has 1 aromatic heterocycles. The number of nitrogens with one attached hydrogen (secondary N) is 1. The van der Waals surface area contributed by atoms with Crippen LogP contribution < -0.4 is 10.1 Å². The summed E-state index contributed by atoms with van der Waals surface area (Å²) >= 11 is 0. The predicted octanol–water partition coefficient (Wildman–Crippen LogP) is 0.849. The molecule has 0 aromatic carbocycles. The van der Waals surface area contributed by atoms with Crippen LogP contribution in [0.15, 0.2) is 12.4 Å². The molecule has 0 saturated carbocycles. The topological polar surface area (TPSA) is 50.3 Å². The van der Waals surface area contributed by atoms with E-state index in [4.69, 9.17) is 4.74 Å². The van der Waals surface area contributed by atoms with Gasteiger partial charge in [-0.1, -0.05) is 0 Å². The number of rotatable bonds is 4. The van der Waals surface area contributed by atoms with Gasteiger partial charge in [-0.15, -0.1) is 0 Å². The van der Waals surface area contributed by atoms with Gasteiger partial charge in [-0.05, 0) is 25.9 Å². The minimum absolute atomic E-state index is 0.676. The van der Waals surface area contributed by atoms with Crippen molar-refractivity contribution < 1.29 is 4.74 Å². The maximum absolute atomic E-state index is 5.00. The van der Waals surface area contributed by atoms with Crippen molar-refractivity contribution in [2.24, 2.45) is 5.92 Å². The Labute approximate surface area is 95.8 Å². The molecule has 16 heavy (non-hydrogen) atoms. The van der Waals surface area contributed by atoms with Crippen molar-refractivity contribution in [2.75, 3.05) is 39.1 Å². The molecule has 1 aromatic rings. The molecule has 2 heterocycles. The Hall–Kier alpha value is -1.36. The summed E-state index contributed by atoms with van der Waals surface area (Å²) < 4.78 is 5.00. The Morgan fingerprint density at radius 3 is 2.81 bits per heavy atom. The first kappa shape index (κ1) is 11.1. The van der Waals surface area contributed by atoms with Crippen LogP contribution >= 0.6 is 0 Å². The highest BCUT2D eigenvalue weighted by Crippen LogP contribution is 2.14. The number of ether oxygens (including phenoxy) is 1. The molecule has 1 fully saturated rings. The van der Waals surface area contributed by atoms with Gasteiger partial charge in [0.1, 0.15) is 0 Å². The molecule has 0 spiro atoms. The molecule has 5 nitrogen and oxygen atoms in total. The quantitative estimate of drug-likeness (QED) is 0.818. The van der Waals surface area contributed by atoms with E-state index in [9.17, 15) is 0 Å². The maximum Gasteiger partial charge on any atom is 0.222 e. The Morgan fingerprint density at radius 1 is 1.50 bits per heavy atom. The zero-order chi connectivity index (χ0) is 11.4. The highest BCUT2D eigenvalue weighted by Gasteiger charge is 2.18. The monoisotopic (exact) mass is 222 g/mol. The summed E-state index contributed by atoms with van der Waals surface area (Å²) in [7, 11) is 3.77. The van der Waals surface area contributed by atoms with E-state index in [1.807, 2.05) is 0 Å². The average Bonchev–Trinajstić information content (AvgIpc) is 2.73. The van der Waals surface area contributed by atoms with Crippen molar-refractivity contribution in [1.82, 2.24) is 14.9 Å². The van der Waals surface area contributed by atoms with Crippen LogP contribution in [0.5, 0.6) is 5.75 Å². The molecule has 1 saturated heterocycles. The molecule has 0 aliphatic carbocycles. The van der Waals surface area contributed by atoms with Crippen molar-refractivity contribution in [3.63, 3.8) is 0 Å². The van der Waals surface area contributed by atoms with E-state index in [2.05, 4.69) is 27.2 Å². The van der Waals surface area contributed by atoms with Crippen molar-refractivity contribution in [3.05, 3.63) is 12.4 Å². The summed E-state index contributed by atoms with van der Waals surface area (Å²) in [5.41, 5.74) is 0. The lowest BCUT2D eigenvalue weighted by Crippen LogP contribution is -2.19. The number of aromatic nitrogens is 2. The molecule has 0 bridgehead atoms. The molecule has 0 radical (unpaired) electrons. The summed E-state index contributed by atoms with van der Waals surface area (Å²) in [6.45, 7) is 3.29. The normalized spacial score (nSPS) is 21.0. The predicted molar refractivity (Wildman–Crippen MR) is 62.7 cm³/mol. The fourth-order valence-corrected chi connectivity index (χ4v) is 1.94. The Bertz CT molecular complexity index is 327. The first-order valence-corrected chi connectivity index (χ1v) is 5.56. The summed E-state index contributed by atoms with van der Waals surface area (Å²) in [4.78, 5) is 10.7. The molecule has 2 rings (SSSR count). The van der Waals surface area contributed by atoms with Gasteiger partial charge >= 0.3 is 0 Å². The number of likely N-dealkylation sites (tertiary alicyclic amines) is 1. The molecule has 1 unspecified atom stereocenters. The van der Waals surface area contributed by atoms with E-state index in [0.717, 1.165) is 13.1 Å². The average molecular weight is 222 g/mol. The first-order chi connectivity index (χ1) is 7.78. The number of methoxy groups -OCH3 is 1. The third-order valence-electron chi connectivity index (χ3n) is 2.90. The van der Waals surface area contributed by atoms with E-state index in [-0.39, 0.29) is 0 Å². The lowest BCUT2D eigenvalue weighted by molar-refractivity contribution is 0.399. The summed E-state index contributed by atoms with van der Waals surface area (Å²) in [5.74, 6) is 2.07. The number of hydrogen-bond acceptors (Lipinski definition) is 5. The van der Waals surface area contributed by atoms with Crippen LogP contribution in [0.1, 0.15) is 6.42 Å². The standard InChI is InChI=1S/C11H18N4O/c1-15-4-3-9(8-15)5-12-11-13-6-10(16-2)7-14-11/h6-7,9H,3-5,8H2,1-2H3,(H,12,13,14). The molecule has 1 N–H and O–H groups in total. The van der Waals surface area contributed by atoms with Gasteiger partial charge in [0, 0.05) is 13.1 Å². The second-order valence-electron chi connectivity index (χ2n) is 4.24. The molecule has 5 heteroatoms. The number of anilines is 1. The fourth-order valence-electron chi connectivity index (χ4n) is 1.94. The van der Waals surface area contributed by atoms with Crippen LogP contribution in [-0.2, 0) is 0 Å². The number of nitrogens with zero attached hydrogens (tertiary/aromatic N) is 3. The van der Waals surface area contributed by atoms with Crippen LogP contribution in [0, 0.1) is 5.92 Å². The van der Waals surface area contributed by atoms with Crippen molar-refractivity contribution >= 4 is 5.95 Å². The summed E-state index contributed by atoms with van der Waals surface area (Å²) in [6.07, 6.45) is 4.60. The maximum atomic E-state index is 5.00. The van der Waals surface area contributed by atoms with Gasteiger partial charge in [-0.25, -0.2) is 9.97 Å². The smallest absolute Gasteiger partial charge is 0.222 e. The van der Waals surface area contributed by atoms with Crippen LogP contribution in [-0.4, -0.2) is 48.7 Å². The van der Waals surface area contributed by atoms with Crippen LogP contribution in [0.25, 0.3) is 0 Å². The van der Waals surface area contributed by atoms with Crippen LogP contribution in [0.3, 0.4) is 0 Å². The molecular weight excluding hydrogens is 204 g/mol. The third-order valence-corrected chi connectivity index (χ3v) is 2.90. The molecule has 1 atom stereocenters. The summed E-state index contributed by atoms with van der Waals surface area (Å²) in [5, 5.41) is 3.25. The number of hydrogen-bond donors (Lipinski definition) is 1. The van der Waals surface area contributed by atoms with Crippen molar-refractivity contribution in [1.29, 1.82) is 0 Å². The Morgan fingerprint density at radius 2 is 2.25 bits per heavy atom. The molecule has 88 valence electrons. The minimum Gasteiger partial charge on any atom is -0.494 e. The SMILES string of the molecule is COc1cnc(NCC2CCN(C)C2)nc1. The van der Waals surface area contributed by atoms with Gasteiger partial charge in [-0.2, -0.15) is 0 Å². The first-order valence-electron chi connectivity index (χ1n) is 5.56. The molecule has 0 amide bonds. The van der Waals surface area contributed by atoms with Crippen molar-refractivity contribution in [3.8, 4) is 5.75 Å². The van der Waals surface area contributed by atoms with E-state index in [0.29, 0.717) is 17.6 Å². The molecular formula is C11H18N4O. The molecule has 1 aliphatic heterocycles. The largest absolute Gasteiger partial charge is 0.494 e. The van der Waals surface area contributed by atoms with Gasteiger partial charge in [0.15, 0.2) is 5.75 Å². The van der Waals surface area contributed by atoms with E-state index >= 15 is 0 Å². The van der Waals surface area contributed by atoms with Gasteiger partial charge in [-0.3, -0.25) is 0 Å². The van der Waals surface area contributed by atoms with Crippen molar-refractivity contribution in [2.45, 2.75) is 6.42 Å². The Kier molecular flexibility index (Phi) is 3.56. The molecule has 1 aliphatic rings. The minimum atomic E-state index is 0.676. The van der Waals surface area contributed by atoms with E-state index < -0.39 is 0 Å². The highest BCUT2D eigenvalue weighted by atomic mass is 16.5.